The molecule has 0 bridgehead atoms. The molecule has 1 amide bonds. The zero-order chi connectivity index (χ0) is 14.0. The number of hydrogen-bond acceptors (Lipinski definition) is 3. The van der Waals surface area contributed by atoms with Crippen LogP contribution in [0.5, 0.6) is 0 Å². The number of aryl methyl sites for hydroxylation is 2. The first-order valence-electron chi connectivity index (χ1n) is 6.49. The molecule has 2 rings (SSSR count). The van der Waals surface area contributed by atoms with Crippen LogP contribution in [-0.4, -0.2) is 44.3 Å². The summed E-state index contributed by atoms with van der Waals surface area (Å²) in [6, 6.07) is 2.15. The zero-order valence-electron chi connectivity index (χ0n) is 11.3. The normalized spacial score (nSPS) is 14.4. The van der Waals surface area contributed by atoms with Crippen molar-refractivity contribution in [2.75, 3.05) is 6.54 Å². The number of aliphatic carboxylic acids is 1. The van der Waals surface area contributed by atoms with Gasteiger partial charge in [-0.1, -0.05) is 0 Å². The molecular weight excluding hydrogens is 246 g/mol. The van der Waals surface area contributed by atoms with E-state index in [0.717, 1.165) is 24.2 Å². The fourth-order valence-corrected chi connectivity index (χ4v) is 2.17. The molecule has 19 heavy (non-hydrogen) atoms. The number of amides is 1. The summed E-state index contributed by atoms with van der Waals surface area (Å²) in [5, 5.41) is 13.0. The lowest BCUT2D eigenvalue weighted by molar-refractivity contribution is -0.138. The lowest BCUT2D eigenvalue weighted by atomic mass is 10.3. The molecule has 1 aromatic rings. The number of rotatable bonds is 6. The average molecular weight is 265 g/mol. The van der Waals surface area contributed by atoms with Crippen LogP contribution in [-0.2, 0) is 16.1 Å². The quantitative estimate of drug-likeness (QED) is 0.831. The molecule has 1 N–H and O–H groups in total. The minimum absolute atomic E-state index is 0.000638. The highest BCUT2D eigenvalue weighted by molar-refractivity contribution is 5.77. The van der Waals surface area contributed by atoms with Gasteiger partial charge in [0.05, 0.1) is 12.1 Å². The minimum Gasteiger partial charge on any atom is -0.481 e. The summed E-state index contributed by atoms with van der Waals surface area (Å²) in [6.45, 7) is 4.27. The SMILES string of the molecule is Cc1cc(C)n(CC(=O)N(CCC(=O)O)C2CC2)n1. The highest BCUT2D eigenvalue weighted by Gasteiger charge is 2.32. The summed E-state index contributed by atoms with van der Waals surface area (Å²) in [4.78, 5) is 24.6. The summed E-state index contributed by atoms with van der Waals surface area (Å²) in [5.41, 5.74) is 1.83. The Labute approximate surface area is 112 Å². The zero-order valence-corrected chi connectivity index (χ0v) is 11.3. The molecule has 6 nitrogen and oxygen atoms in total. The van der Waals surface area contributed by atoms with Crippen LogP contribution in [0.25, 0.3) is 0 Å². The van der Waals surface area contributed by atoms with Crippen molar-refractivity contribution in [2.24, 2.45) is 0 Å². The molecule has 0 unspecified atom stereocenters. The minimum atomic E-state index is -0.871. The van der Waals surface area contributed by atoms with Crippen molar-refractivity contribution in [2.45, 2.75) is 45.7 Å². The lowest BCUT2D eigenvalue weighted by Gasteiger charge is -2.21. The number of nitrogens with zero attached hydrogens (tertiary/aromatic N) is 3. The van der Waals surface area contributed by atoms with E-state index >= 15 is 0 Å². The Balaban J connectivity index is 1.99. The largest absolute Gasteiger partial charge is 0.481 e. The van der Waals surface area contributed by atoms with Crippen molar-refractivity contribution in [1.82, 2.24) is 14.7 Å². The van der Waals surface area contributed by atoms with Crippen LogP contribution in [0.4, 0.5) is 0 Å². The first-order valence-corrected chi connectivity index (χ1v) is 6.49. The second-order valence-electron chi connectivity index (χ2n) is 5.05. The maximum Gasteiger partial charge on any atom is 0.305 e. The molecule has 0 spiro atoms. The van der Waals surface area contributed by atoms with Crippen molar-refractivity contribution < 1.29 is 14.7 Å². The second-order valence-corrected chi connectivity index (χ2v) is 5.05. The third kappa shape index (κ3) is 3.56. The summed E-state index contributed by atoms with van der Waals surface area (Å²) in [6.07, 6.45) is 1.95. The van der Waals surface area contributed by atoms with Crippen LogP contribution in [0.3, 0.4) is 0 Å². The Morgan fingerprint density at radius 1 is 1.47 bits per heavy atom. The molecule has 1 heterocycles. The third-order valence-corrected chi connectivity index (χ3v) is 3.26. The molecule has 1 aliphatic rings. The maximum atomic E-state index is 12.2. The fraction of sp³-hybridized carbons (Fsp3) is 0.615. The molecule has 0 atom stereocenters. The molecule has 0 aliphatic heterocycles. The van der Waals surface area contributed by atoms with Gasteiger partial charge in [-0.05, 0) is 32.8 Å². The van der Waals surface area contributed by atoms with Crippen LogP contribution >= 0.6 is 0 Å². The van der Waals surface area contributed by atoms with Gasteiger partial charge >= 0.3 is 5.97 Å². The van der Waals surface area contributed by atoms with Crippen molar-refractivity contribution in [3.05, 3.63) is 17.5 Å². The van der Waals surface area contributed by atoms with Gasteiger partial charge in [-0.15, -0.1) is 0 Å². The van der Waals surface area contributed by atoms with Crippen LogP contribution in [0.15, 0.2) is 6.07 Å². The van der Waals surface area contributed by atoms with Crippen LogP contribution in [0.1, 0.15) is 30.7 Å². The van der Waals surface area contributed by atoms with Crippen molar-refractivity contribution in [3.8, 4) is 0 Å². The van der Waals surface area contributed by atoms with Gasteiger partial charge in [0, 0.05) is 18.3 Å². The van der Waals surface area contributed by atoms with E-state index in [1.807, 2.05) is 19.9 Å². The Kier molecular flexibility index (Phi) is 3.87. The summed E-state index contributed by atoms with van der Waals surface area (Å²) in [7, 11) is 0. The highest BCUT2D eigenvalue weighted by Crippen LogP contribution is 2.27. The predicted octanol–water partition coefficient (Wildman–Crippen LogP) is 0.966. The molecular formula is C13H19N3O3. The van der Waals surface area contributed by atoms with Gasteiger partial charge in [0.2, 0.25) is 5.91 Å². The second kappa shape index (κ2) is 5.42. The lowest BCUT2D eigenvalue weighted by Crippen LogP contribution is -2.37. The number of carboxylic acid groups (broad SMARTS) is 1. The smallest absolute Gasteiger partial charge is 0.305 e. The number of carboxylic acids is 1. The van der Waals surface area contributed by atoms with Crippen LogP contribution in [0, 0.1) is 13.8 Å². The Hall–Kier alpha value is -1.85. The molecule has 0 radical (unpaired) electrons. The van der Waals surface area contributed by atoms with Gasteiger partial charge < -0.3 is 10.0 Å². The Morgan fingerprint density at radius 3 is 2.63 bits per heavy atom. The molecule has 0 aromatic carbocycles. The number of hydrogen-bond donors (Lipinski definition) is 1. The Morgan fingerprint density at radius 2 is 2.16 bits per heavy atom. The molecule has 104 valence electrons. The van der Waals surface area contributed by atoms with E-state index in [0.29, 0.717) is 0 Å². The maximum absolute atomic E-state index is 12.2. The number of carbonyl (C=O) groups is 2. The first-order chi connectivity index (χ1) is 8.97. The van der Waals surface area contributed by atoms with E-state index in [1.54, 1.807) is 9.58 Å². The Bertz CT molecular complexity index is 491. The standard InChI is InChI=1S/C13H19N3O3/c1-9-7-10(2)16(14-9)8-12(17)15(11-3-4-11)6-5-13(18)19/h7,11H,3-6,8H2,1-2H3,(H,18,19). The van der Waals surface area contributed by atoms with E-state index in [-0.39, 0.29) is 31.5 Å². The van der Waals surface area contributed by atoms with E-state index in [9.17, 15) is 9.59 Å². The van der Waals surface area contributed by atoms with Gasteiger partial charge in [-0.25, -0.2) is 0 Å². The van der Waals surface area contributed by atoms with E-state index in [1.165, 1.54) is 0 Å². The monoisotopic (exact) mass is 265 g/mol. The van der Waals surface area contributed by atoms with Gasteiger partial charge in [0.15, 0.2) is 0 Å². The van der Waals surface area contributed by atoms with E-state index in [4.69, 9.17) is 5.11 Å². The fourth-order valence-electron chi connectivity index (χ4n) is 2.17. The van der Waals surface area contributed by atoms with Crippen molar-refractivity contribution >= 4 is 11.9 Å². The van der Waals surface area contributed by atoms with Gasteiger partial charge in [0.25, 0.3) is 0 Å². The van der Waals surface area contributed by atoms with E-state index in [2.05, 4.69) is 5.10 Å². The van der Waals surface area contributed by atoms with Crippen LogP contribution < -0.4 is 0 Å². The topological polar surface area (TPSA) is 75.4 Å². The van der Waals surface area contributed by atoms with E-state index < -0.39 is 5.97 Å². The third-order valence-electron chi connectivity index (χ3n) is 3.26. The summed E-state index contributed by atoms with van der Waals surface area (Å²) in [5.74, 6) is -0.917. The molecule has 1 aliphatic carbocycles. The molecule has 1 aromatic heterocycles. The molecule has 6 heteroatoms. The molecule has 1 saturated carbocycles. The summed E-state index contributed by atoms with van der Waals surface area (Å²) >= 11 is 0. The van der Waals surface area contributed by atoms with Crippen molar-refractivity contribution in [1.29, 1.82) is 0 Å². The van der Waals surface area contributed by atoms with Crippen molar-refractivity contribution in [3.63, 3.8) is 0 Å². The molecule has 1 fully saturated rings. The van der Waals surface area contributed by atoms with Gasteiger partial charge in [0.1, 0.15) is 6.54 Å². The number of aromatic nitrogens is 2. The first kappa shape index (κ1) is 13.6. The average Bonchev–Trinajstić information content (AvgIpc) is 3.07. The van der Waals surface area contributed by atoms with Gasteiger partial charge in [-0.2, -0.15) is 5.10 Å². The summed E-state index contributed by atoms with van der Waals surface area (Å²) < 4.78 is 1.67. The molecule has 0 saturated heterocycles. The number of carbonyl (C=O) groups excluding carboxylic acids is 1. The highest BCUT2D eigenvalue weighted by atomic mass is 16.4. The van der Waals surface area contributed by atoms with Crippen LogP contribution in [0.2, 0.25) is 0 Å². The predicted molar refractivity (Wildman–Crippen MR) is 68.7 cm³/mol. The van der Waals surface area contributed by atoms with Gasteiger partial charge in [-0.3, -0.25) is 14.3 Å².